The Labute approximate surface area is 200 Å². The summed E-state index contributed by atoms with van der Waals surface area (Å²) >= 11 is 0. The second kappa shape index (κ2) is 11.7. The molecule has 36 heavy (non-hydrogen) atoms. The first-order valence-electron chi connectivity index (χ1n) is 10.6. The molecule has 0 aliphatic carbocycles. The van der Waals surface area contributed by atoms with Gasteiger partial charge in [0.05, 0.1) is 6.20 Å². The Hall–Kier alpha value is -3.94. The predicted molar refractivity (Wildman–Crippen MR) is 112 cm³/mol. The van der Waals surface area contributed by atoms with Crippen molar-refractivity contribution in [1.82, 2.24) is 20.0 Å². The lowest BCUT2D eigenvalue weighted by Gasteiger charge is -2.23. The van der Waals surface area contributed by atoms with Crippen LogP contribution in [0, 0.1) is 29.1 Å². The van der Waals surface area contributed by atoms with Crippen LogP contribution in [-0.2, 0) is 16.0 Å². The molecule has 0 bridgehead atoms. The second-order valence-electron chi connectivity index (χ2n) is 7.82. The van der Waals surface area contributed by atoms with Gasteiger partial charge in [-0.3, -0.25) is 9.59 Å². The number of carboxylic acid groups (broad SMARTS) is 1. The summed E-state index contributed by atoms with van der Waals surface area (Å²) in [5.41, 5.74) is 5.53. The highest BCUT2D eigenvalue weighted by Crippen LogP contribution is 2.33. The number of benzene rings is 1. The molecule has 9 nitrogen and oxygen atoms in total. The molecule has 14 heteroatoms. The third-order valence-electron chi connectivity index (χ3n) is 5.33. The Bertz CT molecular complexity index is 1240. The highest BCUT2D eigenvalue weighted by molar-refractivity contribution is 5.77. The Kier molecular flexibility index (Phi) is 8.64. The van der Waals surface area contributed by atoms with Crippen molar-refractivity contribution in [3.63, 3.8) is 0 Å². The van der Waals surface area contributed by atoms with Crippen LogP contribution in [0.15, 0.2) is 28.9 Å². The largest absolute Gasteiger partial charge is 0.483 e. The monoisotopic (exact) mass is 513 g/mol. The van der Waals surface area contributed by atoms with E-state index < -0.39 is 41.2 Å². The number of rotatable bonds is 6. The van der Waals surface area contributed by atoms with Crippen LogP contribution in [0.1, 0.15) is 36.8 Å². The molecular weight excluding hydrogens is 493 g/mol. The molecule has 1 saturated heterocycles. The van der Waals surface area contributed by atoms with Crippen LogP contribution in [0.5, 0.6) is 0 Å². The van der Waals surface area contributed by atoms with E-state index >= 15 is 0 Å². The van der Waals surface area contributed by atoms with Gasteiger partial charge in [0.2, 0.25) is 17.6 Å². The summed E-state index contributed by atoms with van der Waals surface area (Å²) in [7, 11) is 0. The zero-order chi connectivity index (χ0) is 26.4. The van der Waals surface area contributed by atoms with Gasteiger partial charge in [0.25, 0.3) is 6.47 Å². The molecule has 1 unspecified atom stereocenters. The number of aromatic nitrogens is 3. The molecule has 0 radical (unpaired) electrons. The van der Waals surface area contributed by atoms with E-state index in [0.717, 1.165) is 12.3 Å². The summed E-state index contributed by atoms with van der Waals surface area (Å²) in [6.07, 6.45) is 1.58. The van der Waals surface area contributed by atoms with E-state index in [1.54, 1.807) is 0 Å². The molecule has 3 aromatic rings. The number of nitrogens with two attached hydrogens (primary N) is 1. The molecule has 0 spiro atoms. The molecule has 0 saturated carbocycles. The van der Waals surface area contributed by atoms with Crippen molar-refractivity contribution in [2.75, 3.05) is 6.54 Å². The number of hydrogen-bond donors (Lipinski definition) is 2. The number of halogens is 5. The topological polar surface area (TPSA) is 135 Å². The van der Waals surface area contributed by atoms with Gasteiger partial charge in [-0.05, 0) is 30.9 Å². The normalized spacial score (nSPS) is 15.8. The molecule has 192 valence electrons. The van der Waals surface area contributed by atoms with Crippen molar-refractivity contribution in [1.29, 1.82) is 0 Å². The lowest BCUT2D eigenvalue weighted by atomic mass is 10.0. The molecule has 4 rings (SSSR count). The Morgan fingerprint density at radius 3 is 2.56 bits per heavy atom. The number of likely N-dealkylation sites (tertiary alicyclic amines) is 1. The lowest BCUT2D eigenvalue weighted by Crippen LogP contribution is -2.36. The summed E-state index contributed by atoms with van der Waals surface area (Å²) in [6.45, 7) is 0.122. The smallest absolute Gasteiger partial charge is 0.290 e. The van der Waals surface area contributed by atoms with Crippen LogP contribution >= 0.6 is 0 Å². The molecule has 1 aliphatic rings. The van der Waals surface area contributed by atoms with E-state index in [9.17, 15) is 26.7 Å². The quantitative estimate of drug-likeness (QED) is 0.292. The van der Waals surface area contributed by atoms with Gasteiger partial charge in [-0.15, -0.1) is 0 Å². The minimum Gasteiger partial charge on any atom is -0.483 e. The summed E-state index contributed by atoms with van der Waals surface area (Å²) in [4.78, 5) is 30.4. The number of carbonyl (C=O) groups excluding carboxylic acids is 1. The number of hydrogen-bond acceptors (Lipinski definition) is 7. The van der Waals surface area contributed by atoms with E-state index in [1.165, 1.54) is 4.90 Å². The lowest BCUT2D eigenvalue weighted by molar-refractivity contribution is -0.133. The number of nitrogens with zero attached hydrogens (tertiary/aromatic N) is 4. The average Bonchev–Trinajstić information content (AvgIpc) is 3.48. The zero-order valence-corrected chi connectivity index (χ0v) is 18.5. The summed E-state index contributed by atoms with van der Waals surface area (Å²) in [5.74, 6) is -5.79. The van der Waals surface area contributed by atoms with Gasteiger partial charge in [0.15, 0.2) is 17.5 Å². The Balaban J connectivity index is 0.00000115. The maximum atomic E-state index is 14.0. The van der Waals surface area contributed by atoms with E-state index in [-0.39, 0.29) is 48.2 Å². The van der Waals surface area contributed by atoms with Crippen molar-refractivity contribution in [2.24, 2.45) is 5.73 Å². The van der Waals surface area contributed by atoms with Crippen molar-refractivity contribution < 1.29 is 41.2 Å². The zero-order valence-electron chi connectivity index (χ0n) is 18.5. The minimum absolute atomic E-state index is 0.0570. The fourth-order valence-electron chi connectivity index (χ4n) is 3.78. The van der Waals surface area contributed by atoms with Gasteiger partial charge in [-0.25, -0.2) is 26.9 Å². The van der Waals surface area contributed by atoms with Crippen LogP contribution < -0.4 is 5.73 Å². The van der Waals surface area contributed by atoms with E-state index in [1.807, 2.05) is 0 Å². The fourth-order valence-corrected chi connectivity index (χ4v) is 3.78. The standard InChI is InChI=1S/C21H18F5N5O2.CH2O2/c22-11-6-16(26)19(28-9-11)20-29-21(33-30-20)17-2-1-3-31(17)18(32)7-12(27)4-10-5-14(24)15(25)8-13(10)23;2-1-3/h5-6,8-9,12,17H,1-4,7,27H2;1H,(H,2,3)/t12?,17-;/m0./s1. The van der Waals surface area contributed by atoms with Gasteiger partial charge in [-0.2, -0.15) is 4.98 Å². The van der Waals surface area contributed by atoms with Gasteiger partial charge in [0, 0.05) is 31.1 Å². The average molecular weight is 513 g/mol. The number of carbonyl (C=O) groups is 2. The SMILES string of the molecule is NC(CC(=O)N1CCC[C@H]1c1nc(-c2ncc(F)cc2F)no1)Cc1cc(F)c(F)cc1F.O=CO. The number of amides is 1. The van der Waals surface area contributed by atoms with Crippen molar-refractivity contribution >= 4 is 12.4 Å². The van der Waals surface area contributed by atoms with Gasteiger partial charge in [-0.1, -0.05) is 5.16 Å². The number of pyridine rings is 1. The predicted octanol–water partition coefficient (Wildman–Crippen LogP) is 3.15. The molecule has 3 heterocycles. The first-order valence-corrected chi connectivity index (χ1v) is 10.6. The molecule has 1 aromatic carbocycles. The van der Waals surface area contributed by atoms with Gasteiger partial charge in [0.1, 0.15) is 23.4 Å². The van der Waals surface area contributed by atoms with Crippen molar-refractivity contribution in [2.45, 2.75) is 37.8 Å². The molecule has 3 N–H and O–H groups in total. The van der Waals surface area contributed by atoms with Gasteiger partial charge < -0.3 is 20.3 Å². The van der Waals surface area contributed by atoms with Crippen LogP contribution in [0.2, 0.25) is 0 Å². The summed E-state index contributed by atoms with van der Waals surface area (Å²) < 4.78 is 72.6. The highest BCUT2D eigenvalue weighted by Gasteiger charge is 2.35. The third kappa shape index (κ3) is 6.19. The molecule has 1 amide bonds. The first-order chi connectivity index (χ1) is 17.1. The third-order valence-corrected chi connectivity index (χ3v) is 5.33. The van der Waals surface area contributed by atoms with Crippen molar-refractivity contribution in [3.05, 3.63) is 64.9 Å². The molecule has 2 aromatic heterocycles. The van der Waals surface area contributed by atoms with Crippen molar-refractivity contribution in [3.8, 4) is 11.5 Å². The summed E-state index contributed by atoms with van der Waals surface area (Å²) in [5, 5.41) is 10.6. The second-order valence-corrected chi connectivity index (χ2v) is 7.82. The van der Waals surface area contributed by atoms with Crippen LogP contribution in [0.3, 0.4) is 0 Å². The minimum atomic E-state index is -1.31. The molecular formula is C22H20F5N5O4. The maximum Gasteiger partial charge on any atom is 0.290 e. The molecule has 1 fully saturated rings. The van der Waals surface area contributed by atoms with Crippen LogP contribution in [0.25, 0.3) is 11.5 Å². The van der Waals surface area contributed by atoms with Crippen LogP contribution in [-0.4, -0.2) is 50.1 Å². The van der Waals surface area contributed by atoms with Gasteiger partial charge >= 0.3 is 0 Å². The van der Waals surface area contributed by atoms with E-state index in [4.69, 9.17) is 20.2 Å². The Morgan fingerprint density at radius 2 is 1.86 bits per heavy atom. The Morgan fingerprint density at radius 1 is 1.17 bits per heavy atom. The van der Waals surface area contributed by atoms with Crippen LogP contribution in [0.4, 0.5) is 22.0 Å². The molecule has 1 aliphatic heterocycles. The maximum absolute atomic E-state index is 14.0. The summed E-state index contributed by atoms with van der Waals surface area (Å²) in [6, 6.07) is 0.349. The van der Waals surface area contributed by atoms with E-state index in [2.05, 4.69) is 15.1 Å². The van der Waals surface area contributed by atoms with E-state index in [0.29, 0.717) is 31.5 Å². The highest BCUT2D eigenvalue weighted by atomic mass is 19.2. The fraction of sp³-hybridized carbons (Fsp3) is 0.318. The molecule has 2 atom stereocenters. The first kappa shape index (κ1) is 26.7.